The molecule has 1 aliphatic rings. The summed E-state index contributed by atoms with van der Waals surface area (Å²) in [6.45, 7) is 1.32. The number of carbonyl (C=O) groups excluding carboxylic acids is 1. The SMILES string of the molecule is CNC(=O)c1ccc(-n2c(=O)c3c(n4ncc(Cc5ccc(C#N)cc5)c24)CNCC3)cc1.O=C(O)C(F)(F)F. The Hall–Kier alpha value is -4.96. The number of halogens is 3. The Morgan fingerprint density at radius 1 is 1.15 bits per heavy atom. The molecule has 0 bridgehead atoms. The van der Waals surface area contributed by atoms with Crippen LogP contribution in [-0.2, 0) is 24.2 Å². The molecule has 206 valence electrons. The zero-order chi connectivity index (χ0) is 29.0. The Morgan fingerprint density at radius 3 is 2.38 bits per heavy atom. The van der Waals surface area contributed by atoms with E-state index in [1.165, 1.54) is 0 Å². The molecular weight excluding hydrogens is 529 g/mol. The van der Waals surface area contributed by atoms with E-state index in [4.69, 9.17) is 15.2 Å². The molecule has 2 aromatic carbocycles. The third kappa shape index (κ3) is 5.71. The van der Waals surface area contributed by atoms with Crippen LogP contribution in [0.25, 0.3) is 11.3 Å². The summed E-state index contributed by atoms with van der Waals surface area (Å²) in [6.07, 6.45) is -2.08. The van der Waals surface area contributed by atoms with Gasteiger partial charge in [0.05, 0.1) is 29.2 Å². The Kier molecular flexibility index (Phi) is 8.01. The third-order valence-corrected chi connectivity index (χ3v) is 6.27. The summed E-state index contributed by atoms with van der Waals surface area (Å²) in [5, 5.41) is 26.8. The first-order valence-electron chi connectivity index (χ1n) is 12.0. The fraction of sp³-hybridized carbons (Fsp3) is 0.222. The molecule has 10 nitrogen and oxygen atoms in total. The van der Waals surface area contributed by atoms with Gasteiger partial charge in [-0.2, -0.15) is 23.5 Å². The fourth-order valence-electron chi connectivity index (χ4n) is 4.33. The summed E-state index contributed by atoms with van der Waals surface area (Å²) < 4.78 is 35.3. The van der Waals surface area contributed by atoms with Crippen molar-refractivity contribution in [3.05, 3.63) is 98.6 Å². The molecule has 5 rings (SSSR count). The van der Waals surface area contributed by atoms with Gasteiger partial charge < -0.3 is 15.7 Å². The number of benzene rings is 2. The van der Waals surface area contributed by atoms with E-state index in [0.29, 0.717) is 41.8 Å². The monoisotopic (exact) mass is 552 g/mol. The molecule has 0 unspecified atom stereocenters. The first-order chi connectivity index (χ1) is 19.0. The van der Waals surface area contributed by atoms with E-state index >= 15 is 0 Å². The molecule has 3 heterocycles. The van der Waals surface area contributed by atoms with Gasteiger partial charge in [-0.25, -0.2) is 9.31 Å². The van der Waals surface area contributed by atoms with Crippen LogP contribution in [0.1, 0.15) is 38.3 Å². The quantitative estimate of drug-likeness (QED) is 0.353. The zero-order valence-corrected chi connectivity index (χ0v) is 21.1. The highest BCUT2D eigenvalue weighted by molar-refractivity contribution is 5.94. The van der Waals surface area contributed by atoms with Gasteiger partial charge >= 0.3 is 12.1 Å². The molecule has 4 aromatic rings. The molecule has 2 aromatic heterocycles. The van der Waals surface area contributed by atoms with Gasteiger partial charge in [-0.1, -0.05) is 12.1 Å². The molecule has 0 saturated carbocycles. The van der Waals surface area contributed by atoms with Crippen LogP contribution in [0.5, 0.6) is 0 Å². The smallest absolute Gasteiger partial charge is 0.475 e. The van der Waals surface area contributed by atoms with Crippen molar-refractivity contribution in [1.29, 1.82) is 5.26 Å². The number of aliphatic carboxylic acids is 1. The first kappa shape index (κ1) is 28.1. The molecule has 0 fully saturated rings. The Morgan fingerprint density at radius 2 is 1.80 bits per heavy atom. The lowest BCUT2D eigenvalue weighted by Gasteiger charge is -2.21. The Balaban J connectivity index is 0.000000470. The highest BCUT2D eigenvalue weighted by atomic mass is 19.4. The van der Waals surface area contributed by atoms with Crippen molar-refractivity contribution in [2.45, 2.75) is 25.6 Å². The van der Waals surface area contributed by atoms with Crippen molar-refractivity contribution in [2.75, 3.05) is 13.6 Å². The van der Waals surface area contributed by atoms with Gasteiger partial charge in [0.15, 0.2) is 0 Å². The van der Waals surface area contributed by atoms with E-state index < -0.39 is 12.1 Å². The molecule has 0 radical (unpaired) electrons. The minimum atomic E-state index is -5.08. The number of alkyl halides is 3. The van der Waals surface area contributed by atoms with Crippen molar-refractivity contribution < 1.29 is 27.9 Å². The summed E-state index contributed by atoms with van der Waals surface area (Å²) in [6, 6.07) is 16.6. The van der Waals surface area contributed by atoms with Crippen LogP contribution < -0.4 is 16.2 Å². The normalized spacial score (nSPS) is 12.6. The second kappa shape index (κ2) is 11.4. The lowest BCUT2D eigenvalue weighted by molar-refractivity contribution is -0.192. The van der Waals surface area contributed by atoms with E-state index in [2.05, 4.69) is 21.8 Å². The number of carboxylic acid groups (broad SMARTS) is 1. The lowest BCUT2D eigenvalue weighted by atomic mass is 10.0. The lowest BCUT2D eigenvalue weighted by Crippen LogP contribution is -2.35. The highest BCUT2D eigenvalue weighted by Gasteiger charge is 2.38. The molecular formula is C27H23F3N6O4. The third-order valence-electron chi connectivity index (χ3n) is 6.27. The number of fused-ring (bicyclic) bond motifs is 3. The van der Waals surface area contributed by atoms with Gasteiger partial charge in [0.25, 0.3) is 11.5 Å². The van der Waals surface area contributed by atoms with Crippen LogP contribution in [0.2, 0.25) is 0 Å². The zero-order valence-electron chi connectivity index (χ0n) is 21.1. The largest absolute Gasteiger partial charge is 0.490 e. The minimum absolute atomic E-state index is 0.0618. The predicted molar refractivity (Wildman–Crippen MR) is 137 cm³/mol. The van der Waals surface area contributed by atoms with Crippen LogP contribution in [0, 0.1) is 11.3 Å². The van der Waals surface area contributed by atoms with Crippen molar-refractivity contribution >= 4 is 17.5 Å². The van der Waals surface area contributed by atoms with E-state index in [9.17, 15) is 22.8 Å². The fourth-order valence-corrected chi connectivity index (χ4v) is 4.33. The Labute approximate surface area is 225 Å². The maximum atomic E-state index is 13.7. The predicted octanol–water partition coefficient (Wildman–Crippen LogP) is 2.59. The average Bonchev–Trinajstić information content (AvgIpc) is 3.36. The number of nitrogens with zero attached hydrogens (tertiary/aromatic N) is 4. The molecule has 0 saturated heterocycles. The summed E-state index contributed by atoms with van der Waals surface area (Å²) >= 11 is 0. The maximum absolute atomic E-state index is 13.7. The topological polar surface area (TPSA) is 142 Å². The molecule has 13 heteroatoms. The van der Waals surface area contributed by atoms with E-state index in [-0.39, 0.29) is 11.5 Å². The van der Waals surface area contributed by atoms with Gasteiger partial charge in [0, 0.05) is 36.7 Å². The first-order valence-corrected chi connectivity index (χ1v) is 12.0. The molecule has 1 amide bonds. The second-order valence-electron chi connectivity index (χ2n) is 8.81. The summed E-state index contributed by atoms with van der Waals surface area (Å²) in [5.41, 5.74) is 6.02. The van der Waals surface area contributed by atoms with Crippen molar-refractivity contribution in [2.24, 2.45) is 0 Å². The van der Waals surface area contributed by atoms with Crippen molar-refractivity contribution in [3.63, 3.8) is 0 Å². The molecule has 3 N–H and O–H groups in total. The second-order valence-corrected chi connectivity index (χ2v) is 8.81. The number of carboxylic acids is 1. The molecule has 1 aliphatic heterocycles. The number of aromatic nitrogens is 3. The Bertz CT molecular complexity index is 1670. The summed E-state index contributed by atoms with van der Waals surface area (Å²) in [7, 11) is 1.59. The van der Waals surface area contributed by atoms with Crippen LogP contribution in [0.15, 0.2) is 59.5 Å². The number of rotatable bonds is 4. The number of nitriles is 1. The van der Waals surface area contributed by atoms with E-state index in [1.807, 2.05) is 16.6 Å². The van der Waals surface area contributed by atoms with E-state index in [1.54, 1.807) is 54.2 Å². The van der Waals surface area contributed by atoms with Crippen molar-refractivity contribution in [1.82, 2.24) is 24.8 Å². The van der Waals surface area contributed by atoms with Crippen LogP contribution in [-0.4, -0.2) is 50.9 Å². The van der Waals surface area contributed by atoms with Gasteiger partial charge in [-0.3, -0.25) is 14.2 Å². The van der Waals surface area contributed by atoms with Crippen LogP contribution in [0.4, 0.5) is 13.2 Å². The van der Waals surface area contributed by atoms with Crippen LogP contribution in [0.3, 0.4) is 0 Å². The molecule has 0 atom stereocenters. The molecule has 0 spiro atoms. The minimum Gasteiger partial charge on any atom is -0.475 e. The number of amides is 1. The number of nitrogens with one attached hydrogen (secondary N) is 2. The van der Waals surface area contributed by atoms with Gasteiger partial charge in [-0.05, 0) is 54.9 Å². The average molecular weight is 553 g/mol. The van der Waals surface area contributed by atoms with Crippen molar-refractivity contribution in [3.8, 4) is 11.8 Å². The highest BCUT2D eigenvalue weighted by Crippen LogP contribution is 2.23. The maximum Gasteiger partial charge on any atom is 0.490 e. The number of carbonyl (C=O) groups is 2. The van der Waals surface area contributed by atoms with Gasteiger partial charge in [0.1, 0.15) is 5.65 Å². The molecule has 40 heavy (non-hydrogen) atoms. The van der Waals surface area contributed by atoms with E-state index in [0.717, 1.165) is 28.9 Å². The van der Waals surface area contributed by atoms with Gasteiger partial charge in [-0.15, -0.1) is 0 Å². The van der Waals surface area contributed by atoms with Gasteiger partial charge in [0.2, 0.25) is 0 Å². The number of hydrogen-bond acceptors (Lipinski definition) is 6. The summed E-state index contributed by atoms with van der Waals surface area (Å²) in [4.78, 5) is 34.5. The number of hydrogen-bond donors (Lipinski definition) is 3. The van der Waals surface area contributed by atoms with Crippen LogP contribution >= 0.6 is 0 Å². The standard InChI is InChI=1S/C25H22N6O2.C2HF3O2/c1-27-23(32)18-6-8-20(9-7-18)30-24-19(12-16-2-4-17(13-26)5-3-16)14-29-31(24)22-15-28-11-10-21(22)25(30)33;3-2(4,5)1(6)7/h2-9,14,28H,10-12,15H2,1H3,(H,27,32);(H,6,7). The molecule has 0 aliphatic carbocycles. The summed E-state index contributed by atoms with van der Waals surface area (Å²) in [5.74, 6) is -2.94.